The van der Waals surface area contributed by atoms with Gasteiger partial charge in [-0.25, -0.2) is 4.39 Å². The van der Waals surface area contributed by atoms with Crippen molar-refractivity contribution in [2.75, 3.05) is 11.4 Å². The summed E-state index contributed by atoms with van der Waals surface area (Å²) in [4.78, 5) is 41.0. The predicted octanol–water partition coefficient (Wildman–Crippen LogP) is 4.35. The van der Waals surface area contributed by atoms with E-state index in [9.17, 15) is 18.8 Å². The molecule has 4 rings (SSSR count). The monoisotopic (exact) mass is 483 g/mol. The van der Waals surface area contributed by atoms with E-state index in [-0.39, 0.29) is 24.0 Å². The van der Waals surface area contributed by atoms with Crippen LogP contribution in [-0.2, 0) is 9.59 Å². The maximum Gasteiger partial charge on any atom is 0.261 e. The highest BCUT2D eigenvalue weighted by Crippen LogP contribution is 2.30. The number of carbonyl (C=O) groups is 3. The number of rotatable bonds is 8. The Labute approximate surface area is 200 Å². The Morgan fingerprint density at radius 3 is 2.62 bits per heavy atom. The Hall–Kier alpha value is -3.46. The third kappa shape index (κ3) is 5.36. The first kappa shape index (κ1) is 23.7. The van der Waals surface area contributed by atoms with Gasteiger partial charge in [-0.05, 0) is 61.0 Å². The van der Waals surface area contributed by atoms with Crippen molar-refractivity contribution in [3.05, 3.63) is 76.1 Å². The van der Waals surface area contributed by atoms with Crippen molar-refractivity contribution < 1.29 is 23.2 Å². The molecule has 1 saturated carbocycles. The second-order valence-electron chi connectivity index (χ2n) is 8.27. The fourth-order valence-electron chi connectivity index (χ4n) is 4.08. The van der Waals surface area contributed by atoms with E-state index in [1.165, 1.54) is 28.6 Å². The Balaban J connectivity index is 1.66. The van der Waals surface area contributed by atoms with Crippen LogP contribution in [0.1, 0.15) is 52.7 Å². The number of carbonyl (C=O) groups excluding carboxylic acids is 3. The molecule has 178 valence electrons. The molecule has 0 saturated heterocycles. The summed E-state index contributed by atoms with van der Waals surface area (Å²) in [5.74, 6) is -1.65. The zero-order valence-electron chi connectivity index (χ0n) is 18.8. The van der Waals surface area contributed by atoms with Crippen molar-refractivity contribution in [2.45, 2.75) is 44.7 Å². The molecule has 0 unspecified atom stereocenters. The number of amides is 3. The molecule has 3 amide bonds. The largest absolute Gasteiger partial charge is 0.467 e. The maximum absolute atomic E-state index is 14.5. The first-order chi connectivity index (χ1) is 16.4. The van der Waals surface area contributed by atoms with E-state index >= 15 is 0 Å². The number of hydrogen-bond acceptors (Lipinski definition) is 5. The number of aryl methyl sites for hydroxylation is 1. The molecule has 0 radical (unpaired) electrons. The number of halogens is 1. The third-order valence-electron chi connectivity index (χ3n) is 5.87. The second-order valence-corrected chi connectivity index (χ2v) is 9.21. The average Bonchev–Trinajstić information content (AvgIpc) is 3.61. The fraction of sp³-hybridized carbons (Fsp3) is 0.320. The number of nitrogens with zero attached hydrogens (tertiary/aromatic N) is 1. The molecule has 1 aromatic carbocycles. The first-order valence-electron chi connectivity index (χ1n) is 11.2. The van der Waals surface area contributed by atoms with E-state index in [0.717, 1.165) is 25.7 Å². The molecule has 1 aliphatic carbocycles. The molecule has 0 aliphatic heterocycles. The van der Waals surface area contributed by atoms with Gasteiger partial charge in [0, 0.05) is 11.7 Å². The smallest absolute Gasteiger partial charge is 0.261 e. The van der Waals surface area contributed by atoms with Gasteiger partial charge in [-0.2, -0.15) is 0 Å². The summed E-state index contributed by atoms with van der Waals surface area (Å²) in [5.41, 5.74) is 0.605. The van der Waals surface area contributed by atoms with E-state index < -0.39 is 29.6 Å². The van der Waals surface area contributed by atoms with Gasteiger partial charge in [0.05, 0.1) is 17.7 Å². The fourth-order valence-corrected chi connectivity index (χ4v) is 4.72. The van der Waals surface area contributed by atoms with Crippen LogP contribution in [0.3, 0.4) is 0 Å². The Bertz CT molecular complexity index is 1140. The van der Waals surface area contributed by atoms with Gasteiger partial charge in [0.25, 0.3) is 11.8 Å². The lowest BCUT2D eigenvalue weighted by Gasteiger charge is -2.31. The van der Waals surface area contributed by atoms with Crippen molar-refractivity contribution in [2.24, 2.45) is 0 Å². The van der Waals surface area contributed by atoms with Crippen LogP contribution in [0.4, 0.5) is 10.1 Å². The van der Waals surface area contributed by atoms with Gasteiger partial charge >= 0.3 is 0 Å². The van der Waals surface area contributed by atoms with Crippen LogP contribution in [0.2, 0.25) is 0 Å². The molecule has 2 N–H and O–H groups in total. The molecule has 1 fully saturated rings. The lowest BCUT2D eigenvalue weighted by Crippen LogP contribution is -2.49. The quantitative estimate of drug-likeness (QED) is 0.498. The van der Waals surface area contributed by atoms with Crippen molar-refractivity contribution in [1.29, 1.82) is 0 Å². The van der Waals surface area contributed by atoms with Crippen LogP contribution in [0, 0.1) is 12.7 Å². The van der Waals surface area contributed by atoms with Gasteiger partial charge in [-0.1, -0.05) is 25.0 Å². The molecule has 7 nitrogen and oxygen atoms in total. The average molecular weight is 484 g/mol. The lowest BCUT2D eigenvalue weighted by molar-refractivity contribution is -0.127. The Morgan fingerprint density at radius 1 is 1.18 bits per heavy atom. The van der Waals surface area contributed by atoms with E-state index in [1.54, 1.807) is 48.7 Å². The summed E-state index contributed by atoms with van der Waals surface area (Å²) >= 11 is 1.25. The molecule has 34 heavy (non-hydrogen) atoms. The number of thiophene rings is 1. The minimum atomic E-state index is -1.16. The molecule has 2 aromatic heterocycles. The number of nitrogens with one attached hydrogen (secondary N) is 2. The normalized spacial score (nSPS) is 14.5. The van der Waals surface area contributed by atoms with Crippen molar-refractivity contribution >= 4 is 34.7 Å². The maximum atomic E-state index is 14.5. The van der Waals surface area contributed by atoms with Gasteiger partial charge in [0.1, 0.15) is 11.6 Å². The topological polar surface area (TPSA) is 91.7 Å². The summed E-state index contributed by atoms with van der Waals surface area (Å²) < 4.78 is 20.0. The standard InChI is InChI=1S/C25H26FN3O4S/c1-16-10-11-18(14-19(16)26)29(22(30)15-27-24(31)21-9-5-13-34-21)23(20-8-4-12-33-20)25(32)28-17-6-2-3-7-17/h4-5,8-14,17,23H,2-3,6-7,15H2,1H3,(H,27,31)(H,28,32)/t23-/m0/s1. The van der Waals surface area contributed by atoms with Crippen molar-refractivity contribution in [3.63, 3.8) is 0 Å². The lowest BCUT2D eigenvalue weighted by atomic mass is 10.1. The molecule has 9 heteroatoms. The molecule has 0 spiro atoms. The van der Waals surface area contributed by atoms with Gasteiger partial charge in [-0.15, -0.1) is 11.3 Å². The van der Waals surface area contributed by atoms with Crippen LogP contribution in [0.25, 0.3) is 0 Å². The number of hydrogen-bond donors (Lipinski definition) is 2. The van der Waals surface area contributed by atoms with E-state index in [1.807, 2.05) is 0 Å². The van der Waals surface area contributed by atoms with Gasteiger partial charge in [0.15, 0.2) is 6.04 Å². The number of furan rings is 1. The Morgan fingerprint density at radius 2 is 1.97 bits per heavy atom. The van der Waals surface area contributed by atoms with E-state index in [0.29, 0.717) is 10.4 Å². The highest BCUT2D eigenvalue weighted by molar-refractivity contribution is 7.12. The van der Waals surface area contributed by atoms with E-state index in [2.05, 4.69) is 10.6 Å². The minimum absolute atomic E-state index is 0.00944. The van der Waals surface area contributed by atoms with Gasteiger partial charge < -0.3 is 15.1 Å². The van der Waals surface area contributed by atoms with Crippen molar-refractivity contribution in [3.8, 4) is 0 Å². The second kappa shape index (κ2) is 10.6. The highest BCUT2D eigenvalue weighted by Gasteiger charge is 2.36. The molecule has 0 bridgehead atoms. The number of anilines is 1. The summed E-state index contributed by atoms with van der Waals surface area (Å²) in [7, 11) is 0. The van der Waals surface area contributed by atoms with Crippen LogP contribution < -0.4 is 15.5 Å². The predicted molar refractivity (Wildman–Crippen MR) is 127 cm³/mol. The summed E-state index contributed by atoms with van der Waals surface area (Å²) in [6, 6.07) is 9.81. The number of benzene rings is 1. The molecule has 2 heterocycles. The SMILES string of the molecule is Cc1ccc(N(C(=O)CNC(=O)c2cccs2)[C@H](C(=O)NC2CCCC2)c2ccco2)cc1F. The zero-order chi connectivity index (χ0) is 24.1. The summed E-state index contributed by atoms with van der Waals surface area (Å²) in [6.45, 7) is 1.24. The molecule has 1 atom stereocenters. The van der Waals surface area contributed by atoms with Crippen LogP contribution in [-0.4, -0.2) is 30.3 Å². The molecule has 3 aromatic rings. The van der Waals surface area contributed by atoms with Crippen LogP contribution >= 0.6 is 11.3 Å². The molecule has 1 aliphatic rings. The molecular weight excluding hydrogens is 457 g/mol. The minimum Gasteiger partial charge on any atom is -0.467 e. The summed E-state index contributed by atoms with van der Waals surface area (Å²) in [5, 5.41) is 7.37. The van der Waals surface area contributed by atoms with E-state index in [4.69, 9.17) is 4.42 Å². The van der Waals surface area contributed by atoms with Gasteiger partial charge in [-0.3, -0.25) is 19.3 Å². The third-order valence-corrected chi connectivity index (χ3v) is 6.74. The highest BCUT2D eigenvalue weighted by atomic mass is 32.1. The van der Waals surface area contributed by atoms with Crippen LogP contribution in [0.15, 0.2) is 58.5 Å². The zero-order valence-corrected chi connectivity index (χ0v) is 19.6. The Kier molecular flexibility index (Phi) is 7.42. The molecular formula is C25H26FN3O4S. The summed E-state index contributed by atoms with van der Waals surface area (Å²) in [6.07, 6.45) is 5.19. The first-order valence-corrected chi connectivity index (χ1v) is 12.1. The van der Waals surface area contributed by atoms with Crippen molar-refractivity contribution in [1.82, 2.24) is 10.6 Å². The van der Waals surface area contributed by atoms with Gasteiger partial charge in [0.2, 0.25) is 5.91 Å². The van der Waals surface area contributed by atoms with Crippen LogP contribution in [0.5, 0.6) is 0 Å².